The normalized spacial score (nSPS) is 19.9. The van der Waals surface area contributed by atoms with Crippen molar-refractivity contribution in [2.75, 3.05) is 6.54 Å². The monoisotopic (exact) mass is 258 g/mol. The molecule has 1 saturated heterocycles. The van der Waals surface area contributed by atoms with Gasteiger partial charge in [-0.1, -0.05) is 36.8 Å². The van der Waals surface area contributed by atoms with Gasteiger partial charge in [0.2, 0.25) is 0 Å². The first kappa shape index (κ1) is 11.9. The highest BCUT2D eigenvalue weighted by molar-refractivity contribution is 7.15. The summed E-state index contributed by atoms with van der Waals surface area (Å²) in [4.78, 5) is 6.16. The Balaban J connectivity index is 1.91. The van der Waals surface area contributed by atoms with Gasteiger partial charge >= 0.3 is 0 Å². The number of hydrogen-bond donors (Lipinski definition) is 1. The maximum absolute atomic E-state index is 4.73. The maximum atomic E-state index is 4.73. The minimum atomic E-state index is 0.522. The average molecular weight is 258 g/mol. The van der Waals surface area contributed by atoms with Crippen LogP contribution in [-0.4, -0.2) is 11.5 Å². The zero-order chi connectivity index (χ0) is 12.4. The lowest BCUT2D eigenvalue weighted by molar-refractivity contribution is 0.415. The molecule has 18 heavy (non-hydrogen) atoms. The molecule has 1 aromatic carbocycles. The lowest BCUT2D eigenvalue weighted by Gasteiger charge is -2.22. The summed E-state index contributed by atoms with van der Waals surface area (Å²) < 4.78 is 0. The summed E-state index contributed by atoms with van der Waals surface area (Å²) in [5, 5.41) is 4.76. The van der Waals surface area contributed by atoms with E-state index in [1.54, 1.807) is 0 Å². The number of rotatable bonds is 2. The zero-order valence-electron chi connectivity index (χ0n) is 10.6. The van der Waals surface area contributed by atoms with Crippen molar-refractivity contribution in [1.29, 1.82) is 0 Å². The quantitative estimate of drug-likeness (QED) is 0.882. The SMILES string of the molecule is Cc1nc(-c2ccccc2)sc1C1CCCCN1. The van der Waals surface area contributed by atoms with Crippen LogP contribution in [0.2, 0.25) is 0 Å². The minimum Gasteiger partial charge on any atom is -0.309 e. The molecule has 1 aromatic heterocycles. The van der Waals surface area contributed by atoms with Crippen molar-refractivity contribution in [3.63, 3.8) is 0 Å². The van der Waals surface area contributed by atoms with E-state index < -0.39 is 0 Å². The number of piperidine rings is 1. The predicted octanol–water partition coefficient (Wildman–Crippen LogP) is 3.93. The second kappa shape index (κ2) is 5.21. The van der Waals surface area contributed by atoms with Crippen LogP contribution in [0.5, 0.6) is 0 Å². The van der Waals surface area contributed by atoms with Crippen LogP contribution in [0, 0.1) is 6.92 Å². The molecule has 1 aliphatic rings. The van der Waals surface area contributed by atoms with E-state index >= 15 is 0 Å². The second-order valence-corrected chi connectivity index (χ2v) is 5.87. The van der Waals surface area contributed by atoms with Gasteiger partial charge in [-0.3, -0.25) is 0 Å². The van der Waals surface area contributed by atoms with E-state index in [-0.39, 0.29) is 0 Å². The average Bonchev–Trinajstić information content (AvgIpc) is 2.83. The van der Waals surface area contributed by atoms with E-state index in [1.165, 1.54) is 35.4 Å². The smallest absolute Gasteiger partial charge is 0.123 e. The Morgan fingerprint density at radius 3 is 2.78 bits per heavy atom. The van der Waals surface area contributed by atoms with Gasteiger partial charge in [0.05, 0.1) is 5.69 Å². The van der Waals surface area contributed by atoms with E-state index in [2.05, 4.69) is 36.5 Å². The van der Waals surface area contributed by atoms with Crippen molar-refractivity contribution >= 4 is 11.3 Å². The van der Waals surface area contributed by atoms with Crippen molar-refractivity contribution < 1.29 is 0 Å². The molecule has 94 valence electrons. The Bertz CT molecular complexity index is 513. The Morgan fingerprint density at radius 2 is 2.06 bits per heavy atom. The molecule has 0 radical (unpaired) electrons. The van der Waals surface area contributed by atoms with Gasteiger partial charge in [-0.05, 0) is 26.3 Å². The van der Waals surface area contributed by atoms with Gasteiger partial charge in [-0.15, -0.1) is 11.3 Å². The molecule has 0 saturated carbocycles. The fourth-order valence-corrected chi connectivity index (χ4v) is 3.69. The molecule has 0 amide bonds. The predicted molar refractivity (Wildman–Crippen MR) is 76.9 cm³/mol. The second-order valence-electron chi connectivity index (χ2n) is 4.84. The van der Waals surface area contributed by atoms with Gasteiger partial charge in [0, 0.05) is 16.5 Å². The van der Waals surface area contributed by atoms with Crippen molar-refractivity contribution in [3.05, 3.63) is 40.9 Å². The molecule has 1 unspecified atom stereocenters. The van der Waals surface area contributed by atoms with Gasteiger partial charge in [-0.25, -0.2) is 4.98 Å². The van der Waals surface area contributed by atoms with Crippen molar-refractivity contribution in [1.82, 2.24) is 10.3 Å². The lowest BCUT2D eigenvalue weighted by Crippen LogP contribution is -2.26. The highest BCUT2D eigenvalue weighted by Crippen LogP contribution is 2.34. The van der Waals surface area contributed by atoms with E-state index in [9.17, 15) is 0 Å². The molecule has 2 nitrogen and oxygen atoms in total. The number of hydrogen-bond acceptors (Lipinski definition) is 3. The molecule has 0 bridgehead atoms. The molecule has 1 aliphatic heterocycles. The third kappa shape index (κ3) is 2.33. The van der Waals surface area contributed by atoms with E-state index in [1.807, 2.05) is 17.4 Å². The Morgan fingerprint density at radius 1 is 1.22 bits per heavy atom. The third-order valence-corrected chi connectivity index (χ3v) is 4.80. The molecule has 1 fully saturated rings. The molecule has 0 aliphatic carbocycles. The fourth-order valence-electron chi connectivity index (χ4n) is 2.51. The maximum Gasteiger partial charge on any atom is 0.123 e. The lowest BCUT2D eigenvalue weighted by atomic mass is 10.0. The van der Waals surface area contributed by atoms with E-state index in [0.29, 0.717) is 6.04 Å². The molecule has 0 spiro atoms. The van der Waals surface area contributed by atoms with Gasteiger partial charge in [0.25, 0.3) is 0 Å². The first-order valence-corrected chi connectivity index (χ1v) is 7.42. The molecular weight excluding hydrogens is 240 g/mol. The standard InChI is InChI=1S/C15H18N2S/c1-11-14(13-9-5-6-10-16-13)18-15(17-11)12-7-3-2-4-8-12/h2-4,7-8,13,16H,5-6,9-10H2,1H3. The topological polar surface area (TPSA) is 24.9 Å². The number of aryl methyl sites for hydroxylation is 1. The number of thiazole rings is 1. The summed E-state index contributed by atoms with van der Waals surface area (Å²) in [5.41, 5.74) is 2.42. The Kier molecular flexibility index (Phi) is 3.43. The van der Waals surface area contributed by atoms with E-state index in [0.717, 1.165) is 11.6 Å². The van der Waals surface area contributed by atoms with Gasteiger partial charge in [0.15, 0.2) is 0 Å². The van der Waals surface area contributed by atoms with Crippen LogP contribution in [0.3, 0.4) is 0 Å². The summed E-state index contributed by atoms with van der Waals surface area (Å²) in [7, 11) is 0. The molecule has 1 N–H and O–H groups in total. The van der Waals surface area contributed by atoms with Crippen LogP contribution < -0.4 is 5.32 Å². The van der Waals surface area contributed by atoms with Crippen LogP contribution in [0.4, 0.5) is 0 Å². The number of benzene rings is 1. The van der Waals surface area contributed by atoms with Crippen LogP contribution in [0.25, 0.3) is 10.6 Å². The first-order valence-electron chi connectivity index (χ1n) is 6.61. The van der Waals surface area contributed by atoms with Crippen LogP contribution in [0.1, 0.15) is 35.9 Å². The molecule has 2 heterocycles. The highest BCUT2D eigenvalue weighted by Gasteiger charge is 2.20. The van der Waals surface area contributed by atoms with Crippen LogP contribution in [0.15, 0.2) is 30.3 Å². The summed E-state index contributed by atoms with van der Waals surface area (Å²) in [6.07, 6.45) is 3.88. The fraction of sp³-hybridized carbons (Fsp3) is 0.400. The summed E-state index contributed by atoms with van der Waals surface area (Å²) in [6, 6.07) is 11.0. The molecule has 2 aromatic rings. The first-order chi connectivity index (χ1) is 8.84. The number of nitrogens with zero attached hydrogens (tertiary/aromatic N) is 1. The van der Waals surface area contributed by atoms with Crippen molar-refractivity contribution in [3.8, 4) is 10.6 Å². The van der Waals surface area contributed by atoms with Crippen LogP contribution in [-0.2, 0) is 0 Å². The molecule has 3 rings (SSSR count). The van der Waals surface area contributed by atoms with Gasteiger partial charge in [-0.2, -0.15) is 0 Å². The zero-order valence-corrected chi connectivity index (χ0v) is 11.5. The molecular formula is C15H18N2S. The Labute approximate surface area is 112 Å². The van der Waals surface area contributed by atoms with Crippen LogP contribution >= 0.6 is 11.3 Å². The van der Waals surface area contributed by atoms with Gasteiger partial charge in [0.1, 0.15) is 5.01 Å². The summed E-state index contributed by atoms with van der Waals surface area (Å²) in [5.74, 6) is 0. The minimum absolute atomic E-state index is 0.522. The van der Waals surface area contributed by atoms with Gasteiger partial charge < -0.3 is 5.32 Å². The highest BCUT2D eigenvalue weighted by atomic mass is 32.1. The largest absolute Gasteiger partial charge is 0.309 e. The summed E-state index contributed by atoms with van der Waals surface area (Å²) >= 11 is 1.85. The van der Waals surface area contributed by atoms with Crippen molar-refractivity contribution in [2.24, 2.45) is 0 Å². The molecule has 3 heteroatoms. The summed E-state index contributed by atoms with van der Waals surface area (Å²) in [6.45, 7) is 3.28. The third-order valence-electron chi connectivity index (χ3n) is 3.48. The number of aromatic nitrogens is 1. The Hall–Kier alpha value is -1.19. The number of nitrogens with one attached hydrogen (secondary N) is 1. The van der Waals surface area contributed by atoms with E-state index in [4.69, 9.17) is 4.98 Å². The van der Waals surface area contributed by atoms with Crippen molar-refractivity contribution in [2.45, 2.75) is 32.2 Å². The molecule has 1 atom stereocenters.